The van der Waals surface area contributed by atoms with E-state index in [1.165, 1.54) is 25.3 Å². The van der Waals surface area contributed by atoms with Gasteiger partial charge in [0.25, 0.3) is 5.91 Å². The smallest absolute Gasteiger partial charge is 0.359 e. The fraction of sp³-hybridized carbons (Fsp3) is 0.371. The molecule has 0 atom stereocenters. The maximum atomic E-state index is 13.0. The number of hydrazine groups is 1. The van der Waals surface area contributed by atoms with Gasteiger partial charge in [-0.3, -0.25) is 20.4 Å². The Hall–Kier alpha value is -3.57. The highest BCUT2D eigenvalue weighted by Crippen LogP contribution is 2.54. The second-order valence-corrected chi connectivity index (χ2v) is 16.1. The number of benzene rings is 2. The molecule has 11 rings (SSSR count). The average Bonchev–Trinajstić information content (AvgIpc) is 3.85. The number of aromatic nitrogens is 4. The standard InChI is InChI=1S/C20H19BrN4O4.C15H12BrIN2O2/c1-29-20(28)15-16(19(27)24-23-18(26)9-2-3-9)25-12-6-10(7-12)13-5-4-11(21)8-14(13)17(25)22-15;1-21-15(20)12-13(17)19-9-4-7(5-9)10-3-2-8(16)6-11(10)14(19)18-12/h4-5,8-10,12H,2-3,6-7H2,1H3,(H,23,26)(H,24,27);2-3,6-7,9H,4-5H2,1H3. The van der Waals surface area contributed by atoms with Crippen LogP contribution in [0.3, 0.4) is 0 Å². The Morgan fingerprint density at radius 2 is 1.26 bits per heavy atom. The summed E-state index contributed by atoms with van der Waals surface area (Å²) in [6.45, 7) is 0. The molecule has 3 fully saturated rings. The van der Waals surface area contributed by atoms with Gasteiger partial charge in [0, 0.05) is 38.1 Å². The highest BCUT2D eigenvalue weighted by Gasteiger charge is 2.44. The lowest BCUT2D eigenvalue weighted by Crippen LogP contribution is -2.44. The summed E-state index contributed by atoms with van der Waals surface area (Å²) in [7, 11) is 2.65. The van der Waals surface area contributed by atoms with E-state index in [-0.39, 0.29) is 35.2 Å². The minimum atomic E-state index is -0.684. The number of hydrogen-bond acceptors (Lipinski definition) is 8. The zero-order chi connectivity index (χ0) is 35.0. The van der Waals surface area contributed by atoms with E-state index >= 15 is 0 Å². The molecule has 4 bridgehead atoms. The summed E-state index contributed by atoms with van der Waals surface area (Å²) in [4.78, 5) is 58.4. The third-order valence-electron chi connectivity index (χ3n) is 10.3. The highest BCUT2D eigenvalue weighted by atomic mass is 127. The average molecular weight is 918 g/mol. The van der Waals surface area contributed by atoms with E-state index < -0.39 is 11.9 Å². The Morgan fingerprint density at radius 1 is 0.760 bits per heavy atom. The number of carbonyl (C=O) groups excluding carboxylic acids is 4. The normalized spacial score (nSPS) is 21.5. The molecule has 0 saturated heterocycles. The summed E-state index contributed by atoms with van der Waals surface area (Å²) >= 11 is 9.25. The van der Waals surface area contributed by atoms with Gasteiger partial charge in [0.15, 0.2) is 11.4 Å². The summed E-state index contributed by atoms with van der Waals surface area (Å²) in [6, 6.07) is 12.9. The molecule has 4 aliphatic heterocycles. The molecular formula is C35H31Br2IN6O6. The lowest BCUT2D eigenvalue weighted by molar-refractivity contribution is -0.123. The van der Waals surface area contributed by atoms with Gasteiger partial charge in [-0.25, -0.2) is 19.6 Å². The van der Waals surface area contributed by atoms with E-state index in [0.717, 1.165) is 68.1 Å². The van der Waals surface area contributed by atoms with Crippen molar-refractivity contribution in [1.29, 1.82) is 0 Å². The monoisotopic (exact) mass is 916 g/mol. The van der Waals surface area contributed by atoms with Crippen molar-refractivity contribution < 1.29 is 28.7 Å². The van der Waals surface area contributed by atoms with E-state index in [9.17, 15) is 19.2 Å². The Morgan fingerprint density at radius 3 is 1.80 bits per heavy atom. The number of nitrogens with zero attached hydrogens (tertiary/aromatic N) is 4. The molecule has 0 radical (unpaired) electrons. The van der Waals surface area contributed by atoms with Crippen LogP contribution in [0.4, 0.5) is 0 Å². The number of imidazole rings is 2. The van der Waals surface area contributed by atoms with Crippen LogP contribution in [-0.2, 0) is 14.3 Å². The number of rotatable bonds is 4. The molecule has 2 N–H and O–H groups in total. The Kier molecular flexibility index (Phi) is 8.65. The molecule has 0 spiro atoms. The highest BCUT2D eigenvalue weighted by molar-refractivity contribution is 14.1. The van der Waals surface area contributed by atoms with Gasteiger partial charge in [0.2, 0.25) is 5.91 Å². The molecule has 258 valence electrons. The van der Waals surface area contributed by atoms with Crippen molar-refractivity contribution in [3.8, 4) is 22.8 Å². The van der Waals surface area contributed by atoms with Crippen molar-refractivity contribution in [3.63, 3.8) is 0 Å². The third-order valence-corrected chi connectivity index (χ3v) is 12.3. The van der Waals surface area contributed by atoms with Gasteiger partial charge in [-0.2, -0.15) is 0 Å². The van der Waals surface area contributed by atoms with Crippen LogP contribution in [0.5, 0.6) is 0 Å². The number of ether oxygens (including phenoxy) is 2. The molecular weight excluding hydrogens is 887 g/mol. The maximum Gasteiger partial charge on any atom is 0.359 e. The quantitative estimate of drug-likeness (QED) is 0.129. The minimum Gasteiger partial charge on any atom is -0.464 e. The number of esters is 2. The van der Waals surface area contributed by atoms with Crippen molar-refractivity contribution in [3.05, 3.63) is 77.3 Å². The van der Waals surface area contributed by atoms with Crippen molar-refractivity contribution in [2.75, 3.05) is 14.2 Å². The second-order valence-electron chi connectivity index (χ2n) is 13.3. The molecule has 12 nitrogen and oxygen atoms in total. The van der Waals surface area contributed by atoms with Crippen LogP contribution >= 0.6 is 54.5 Å². The van der Waals surface area contributed by atoms with Crippen molar-refractivity contribution >= 4 is 78.2 Å². The molecule has 0 unspecified atom stereocenters. The Labute approximate surface area is 317 Å². The number of halogens is 3. The summed E-state index contributed by atoms with van der Waals surface area (Å²) in [5.41, 5.74) is 9.94. The van der Waals surface area contributed by atoms with Crippen LogP contribution in [0, 0.1) is 9.62 Å². The molecule has 4 aromatic rings. The van der Waals surface area contributed by atoms with E-state index in [1.54, 1.807) is 0 Å². The van der Waals surface area contributed by atoms with E-state index in [1.807, 2.05) is 16.7 Å². The van der Waals surface area contributed by atoms with E-state index in [4.69, 9.17) is 9.47 Å². The molecule has 3 saturated carbocycles. The number of nitrogens with one attached hydrogen (secondary N) is 2. The second kappa shape index (κ2) is 12.9. The van der Waals surface area contributed by atoms with Crippen molar-refractivity contribution in [2.45, 2.75) is 62.4 Å². The molecule has 2 aromatic heterocycles. The van der Waals surface area contributed by atoms with Gasteiger partial charge < -0.3 is 18.6 Å². The van der Waals surface area contributed by atoms with Crippen molar-refractivity contribution in [2.24, 2.45) is 5.92 Å². The first-order chi connectivity index (χ1) is 24.1. The topological polar surface area (TPSA) is 146 Å². The summed E-state index contributed by atoms with van der Waals surface area (Å²) in [5, 5.41) is 0. The predicted octanol–water partition coefficient (Wildman–Crippen LogP) is 6.84. The fourth-order valence-corrected chi connectivity index (χ4v) is 9.17. The Balaban J connectivity index is 0.000000152. The number of amides is 2. The largest absolute Gasteiger partial charge is 0.464 e. The third kappa shape index (κ3) is 5.59. The van der Waals surface area contributed by atoms with Crippen LogP contribution in [0.25, 0.3) is 22.8 Å². The Bertz CT molecular complexity index is 2110. The van der Waals surface area contributed by atoms with Gasteiger partial charge in [0.1, 0.15) is 21.0 Å². The zero-order valence-corrected chi connectivity index (χ0v) is 32.3. The number of hydrogen-bond donors (Lipinski definition) is 2. The zero-order valence-electron chi connectivity index (χ0n) is 27.0. The van der Waals surface area contributed by atoms with Gasteiger partial charge in [0.05, 0.1) is 14.2 Å². The predicted molar refractivity (Wildman–Crippen MR) is 196 cm³/mol. The first-order valence-electron chi connectivity index (χ1n) is 16.3. The van der Waals surface area contributed by atoms with E-state index in [2.05, 4.69) is 104 Å². The summed E-state index contributed by atoms with van der Waals surface area (Å²) < 4.78 is 16.6. The lowest BCUT2D eigenvalue weighted by Gasteiger charge is -2.35. The van der Waals surface area contributed by atoms with Crippen LogP contribution in [-0.4, -0.2) is 57.1 Å². The van der Waals surface area contributed by atoms with Crippen molar-refractivity contribution in [1.82, 2.24) is 30.0 Å². The first-order valence-corrected chi connectivity index (χ1v) is 19.0. The summed E-state index contributed by atoms with van der Waals surface area (Å²) in [5.74, 6) is 0.589. The van der Waals surface area contributed by atoms with Gasteiger partial charge >= 0.3 is 11.9 Å². The van der Waals surface area contributed by atoms with Crippen LogP contribution < -0.4 is 10.9 Å². The van der Waals surface area contributed by atoms with Gasteiger partial charge in [-0.05, 0) is 108 Å². The molecule has 6 heterocycles. The number of methoxy groups -OCH3 is 2. The SMILES string of the molecule is COC(=O)c1nc2n(c1C(=O)NNC(=O)C1CC1)C1CC(C1)c1ccc(Br)cc1-2.COC(=O)c1nc2n(c1I)C1CC(C1)c1ccc(Br)cc1-2. The number of carbonyl (C=O) groups is 4. The van der Waals surface area contributed by atoms with Crippen LogP contribution in [0.2, 0.25) is 0 Å². The molecule has 3 aliphatic carbocycles. The lowest BCUT2D eigenvalue weighted by atomic mass is 9.75. The van der Waals surface area contributed by atoms with Gasteiger partial charge in [-0.1, -0.05) is 44.0 Å². The molecule has 7 aliphatic rings. The first kappa shape index (κ1) is 33.6. The minimum absolute atomic E-state index is 0.0445. The molecule has 2 aromatic carbocycles. The molecule has 15 heteroatoms. The van der Waals surface area contributed by atoms with Crippen LogP contribution in [0.1, 0.15) is 105 Å². The molecule has 50 heavy (non-hydrogen) atoms. The maximum absolute atomic E-state index is 13.0. The summed E-state index contributed by atoms with van der Waals surface area (Å²) in [6.07, 6.45) is 5.63. The fourth-order valence-electron chi connectivity index (χ4n) is 7.48. The molecule has 2 amide bonds. The van der Waals surface area contributed by atoms with Gasteiger partial charge in [-0.15, -0.1) is 0 Å². The van der Waals surface area contributed by atoms with E-state index in [0.29, 0.717) is 29.4 Å². The van der Waals surface area contributed by atoms with Crippen LogP contribution in [0.15, 0.2) is 45.3 Å².